The molecule has 1 unspecified atom stereocenters. The lowest BCUT2D eigenvalue weighted by molar-refractivity contribution is -0.166. The van der Waals surface area contributed by atoms with Crippen LogP contribution in [0.15, 0.2) is 47.5 Å². The minimum Gasteiger partial charge on any atom is -0.460 e. The van der Waals surface area contributed by atoms with E-state index >= 15 is 0 Å². The monoisotopic (exact) mass is 510 g/mol. The van der Waals surface area contributed by atoms with Crippen LogP contribution in [0.4, 0.5) is 0 Å². The fourth-order valence-corrected chi connectivity index (χ4v) is 4.55. The number of esters is 1. The lowest BCUT2D eigenvalue weighted by Gasteiger charge is -2.22. The Kier molecular flexibility index (Phi) is 7.43. The maximum atomic E-state index is 12.9. The molecule has 1 saturated heterocycles. The van der Waals surface area contributed by atoms with E-state index in [1.807, 2.05) is 29.7 Å². The number of carbonyl (C=O) groups is 1. The van der Waals surface area contributed by atoms with E-state index in [9.17, 15) is 9.90 Å². The zero-order valence-corrected chi connectivity index (χ0v) is 20.6. The summed E-state index contributed by atoms with van der Waals surface area (Å²) in [5.41, 5.74) is 3.23. The molecule has 1 aromatic heterocycles. The van der Waals surface area contributed by atoms with Gasteiger partial charge in [-0.05, 0) is 56.5 Å². The minimum atomic E-state index is -0.626. The van der Waals surface area contributed by atoms with Gasteiger partial charge in [-0.2, -0.15) is 0 Å². The number of rotatable bonds is 7. The van der Waals surface area contributed by atoms with Gasteiger partial charge < -0.3 is 19.3 Å². The number of aryl methyl sites for hydroxylation is 1. The molecule has 10 heteroatoms. The van der Waals surface area contributed by atoms with Gasteiger partial charge >= 0.3 is 5.97 Å². The molecule has 3 aromatic rings. The molecule has 3 heterocycles. The van der Waals surface area contributed by atoms with Crippen molar-refractivity contribution >= 4 is 23.3 Å². The van der Waals surface area contributed by atoms with Crippen molar-refractivity contribution in [2.24, 2.45) is 4.99 Å². The Balaban J connectivity index is 1.44. The van der Waals surface area contributed by atoms with E-state index in [0.29, 0.717) is 40.1 Å². The number of ether oxygens (including phenoxy) is 3. The van der Waals surface area contributed by atoms with Crippen molar-refractivity contribution < 1.29 is 24.1 Å². The van der Waals surface area contributed by atoms with Gasteiger partial charge in [-0.3, -0.25) is 9.56 Å². The molecule has 1 fully saturated rings. The molecule has 1 N–H and O–H groups in total. The van der Waals surface area contributed by atoms with Gasteiger partial charge in [0, 0.05) is 22.8 Å². The molecule has 0 amide bonds. The number of aliphatic hydroxyl groups is 1. The molecule has 2 atom stereocenters. The highest BCUT2D eigenvalue weighted by molar-refractivity contribution is 6.30. The van der Waals surface area contributed by atoms with Crippen molar-refractivity contribution in [3.8, 4) is 5.69 Å². The molecule has 0 aliphatic carbocycles. The van der Waals surface area contributed by atoms with Crippen molar-refractivity contribution in [1.29, 1.82) is 0 Å². The van der Waals surface area contributed by atoms with Crippen LogP contribution >= 0.6 is 11.6 Å². The van der Waals surface area contributed by atoms with Crippen LogP contribution in [0.5, 0.6) is 0 Å². The molecule has 2 aliphatic heterocycles. The second-order valence-electron chi connectivity index (χ2n) is 8.66. The Bertz CT molecular complexity index is 1270. The first kappa shape index (κ1) is 24.6. The molecule has 0 bridgehead atoms. The largest absolute Gasteiger partial charge is 0.460 e. The van der Waals surface area contributed by atoms with Gasteiger partial charge in [0.05, 0.1) is 30.2 Å². The van der Waals surface area contributed by atoms with Crippen molar-refractivity contribution in [3.05, 3.63) is 75.8 Å². The van der Waals surface area contributed by atoms with E-state index in [4.69, 9.17) is 30.8 Å². The van der Waals surface area contributed by atoms with Gasteiger partial charge in [-0.25, -0.2) is 4.79 Å². The fraction of sp³-hybridized carbons (Fsp3) is 0.385. The lowest BCUT2D eigenvalue weighted by atomic mass is 9.98. The van der Waals surface area contributed by atoms with Gasteiger partial charge in [-0.1, -0.05) is 23.7 Å². The molecular weight excluding hydrogens is 484 g/mol. The first-order chi connectivity index (χ1) is 17.5. The number of nitrogens with zero attached hydrogens (tertiary/aromatic N) is 4. The average molecular weight is 511 g/mol. The smallest absolute Gasteiger partial charge is 0.338 e. The number of hydrogen-bond acceptors (Lipinski definition) is 8. The first-order valence-electron chi connectivity index (χ1n) is 12.0. The lowest BCUT2D eigenvalue weighted by Crippen LogP contribution is -2.24. The molecule has 9 nitrogen and oxygen atoms in total. The van der Waals surface area contributed by atoms with Crippen LogP contribution in [-0.4, -0.2) is 64.3 Å². The van der Waals surface area contributed by atoms with Gasteiger partial charge in [0.15, 0.2) is 12.1 Å². The molecule has 5 rings (SSSR count). The molecular formula is C26H27ClN4O5. The summed E-state index contributed by atoms with van der Waals surface area (Å²) in [4.78, 5) is 17.7. The normalized spacial score (nSPS) is 19.1. The molecule has 0 saturated carbocycles. The molecule has 0 radical (unpaired) electrons. The molecule has 2 aromatic carbocycles. The van der Waals surface area contributed by atoms with E-state index in [2.05, 4.69) is 10.2 Å². The Morgan fingerprint density at radius 3 is 2.75 bits per heavy atom. The van der Waals surface area contributed by atoms with E-state index in [-0.39, 0.29) is 26.1 Å². The SMILES string of the molecule is Cc1nnc2n1-c1ccc(C(=O)OCCOC3CCCCO3)cc1C(c1ccc(Cl)cc1)=N[C@H]2CO. The highest BCUT2D eigenvalue weighted by Gasteiger charge is 2.28. The van der Waals surface area contributed by atoms with Crippen LogP contribution in [0, 0.1) is 6.92 Å². The Labute approximate surface area is 213 Å². The van der Waals surface area contributed by atoms with E-state index in [1.165, 1.54) is 0 Å². The maximum Gasteiger partial charge on any atom is 0.338 e. The molecule has 188 valence electrons. The number of aromatic nitrogens is 3. The van der Waals surface area contributed by atoms with Crippen LogP contribution in [0.2, 0.25) is 5.02 Å². The second kappa shape index (κ2) is 10.9. The van der Waals surface area contributed by atoms with E-state index < -0.39 is 12.0 Å². The van der Waals surface area contributed by atoms with Crippen LogP contribution < -0.4 is 0 Å². The summed E-state index contributed by atoms with van der Waals surface area (Å²) >= 11 is 6.11. The zero-order valence-electron chi connectivity index (χ0n) is 19.9. The number of carbonyl (C=O) groups excluding carboxylic acids is 1. The highest BCUT2D eigenvalue weighted by atomic mass is 35.5. The fourth-order valence-electron chi connectivity index (χ4n) is 4.42. The maximum absolute atomic E-state index is 12.9. The number of benzene rings is 2. The summed E-state index contributed by atoms with van der Waals surface area (Å²) in [6.45, 7) is 2.67. The topological polar surface area (TPSA) is 108 Å². The van der Waals surface area contributed by atoms with E-state index in [0.717, 1.165) is 30.5 Å². The number of aliphatic hydroxyl groups excluding tert-OH is 1. The average Bonchev–Trinajstić information content (AvgIpc) is 3.22. The third kappa shape index (κ3) is 5.05. The number of fused-ring (bicyclic) bond motifs is 3. The first-order valence-corrected chi connectivity index (χ1v) is 12.3. The Morgan fingerprint density at radius 1 is 1.17 bits per heavy atom. The van der Waals surface area contributed by atoms with Gasteiger partial charge in [0.1, 0.15) is 18.5 Å². The number of halogens is 1. The highest BCUT2D eigenvalue weighted by Crippen LogP contribution is 2.31. The minimum absolute atomic E-state index is 0.120. The number of hydrogen-bond donors (Lipinski definition) is 1. The second-order valence-corrected chi connectivity index (χ2v) is 9.09. The van der Waals surface area contributed by atoms with Crippen molar-refractivity contribution in [1.82, 2.24) is 14.8 Å². The summed E-state index contributed by atoms with van der Waals surface area (Å²) < 4.78 is 18.5. The Morgan fingerprint density at radius 2 is 2.00 bits per heavy atom. The van der Waals surface area contributed by atoms with Crippen LogP contribution in [0.25, 0.3) is 5.69 Å². The summed E-state index contributed by atoms with van der Waals surface area (Å²) in [6, 6.07) is 11.9. The van der Waals surface area contributed by atoms with Gasteiger partial charge in [-0.15, -0.1) is 10.2 Å². The Hall–Kier alpha value is -3.11. The van der Waals surface area contributed by atoms with Crippen molar-refractivity contribution in [2.45, 2.75) is 38.5 Å². The van der Waals surface area contributed by atoms with Crippen molar-refractivity contribution in [3.63, 3.8) is 0 Å². The quantitative estimate of drug-likeness (QED) is 0.380. The van der Waals surface area contributed by atoms with Crippen molar-refractivity contribution in [2.75, 3.05) is 26.4 Å². The predicted molar refractivity (Wildman–Crippen MR) is 133 cm³/mol. The van der Waals surface area contributed by atoms with Crippen LogP contribution in [-0.2, 0) is 14.2 Å². The standard InChI is InChI=1S/C26H27ClN4O5/c1-16-29-30-25-21(15-32)28-24(17-5-8-19(27)9-6-17)20-14-18(7-10-22(20)31(16)25)26(33)36-13-12-35-23-4-2-3-11-34-23/h5-10,14,21,23,32H,2-4,11-13,15H2,1H3/t21-,23?/m0/s1. The molecule has 36 heavy (non-hydrogen) atoms. The third-order valence-electron chi connectivity index (χ3n) is 6.21. The third-order valence-corrected chi connectivity index (χ3v) is 6.46. The predicted octanol–water partition coefficient (Wildman–Crippen LogP) is 3.81. The molecule has 2 aliphatic rings. The summed E-state index contributed by atoms with van der Waals surface area (Å²) in [5, 5.41) is 19.2. The summed E-state index contributed by atoms with van der Waals surface area (Å²) in [6.07, 6.45) is 2.74. The summed E-state index contributed by atoms with van der Waals surface area (Å²) in [5.74, 6) is 0.706. The van der Waals surface area contributed by atoms with Crippen LogP contribution in [0.3, 0.4) is 0 Å². The van der Waals surface area contributed by atoms with Gasteiger partial charge in [0.25, 0.3) is 0 Å². The van der Waals surface area contributed by atoms with E-state index in [1.54, 1.807) is 24.3 Å². The summed E-state index contributed by atoms with van der Waals surface area (Å²) in [7, 11) is 0. The zero-order chi connectivity index (χ0) is 25.1. The van der Waals surface area contributed by atoms with Gasteiger partial charge in [0.2, 0.25) is 0 Å². The van der Waals surface area contributed by atoms with Crippen LogP contribution in [0.1, 0.15) is 58.4 Å². The number of aliphatic imine (C=N–C) groups is 1. The molecule has 0 spiro atoms.